The van der Waals surface area contributed by atoms with E-state index in [4.69, 9.17) is 0 Å². The number of aliphatic hydroxyl groups is 1. The first kappa shape index (κ1) is 14.3. The van der Waals surface area contributed by atoms with Crippen molar-refractivity contribution in [3.8, 4) is 0 Å². The molecule has 1 unspecified atom stereocenters. The standard InChI is InChI=1S/C16H30OSi/c1-16(2,3)18(4,5)15-10-14(15)13-8-6-7-12(9-13)11-17/h9,13-15,17H,6-8,10-11H2,1-5H3/t13?,14-,15-/m1/s1. The van der Waals surface area contributed by atoms with Crippen LogP contribution < -0.4 is 0 Å². The van der Waals surface area contributed by atoms with E-state index in [1.807, 2.05) is 0 Å². The first-order chi connectivity index (χ1) is 8.27. The first-order valence-corrected chi connectivity index (χ1v) is 10.7. The molecule has 0 bridgehead atoms. The molecule has 2 aliphatic rings. The molecule has 2 heteroatoms. The number of rotatable bonds is 3. The van der Waals surface area contributed by atoms with Crippen LogP contribution in [0.3, 0.4) is 0 Å². The lowest BCUT2D eigenvalue weighted by Gasteiger charge is -2.38. The van der Waals surface area contributed by atoms with Crippen LogP contribution in [0.1, 0.15) is 46.5 Å². The highest BCUT2D eigenvalue weighted by Gasteiger charge is 2.55. The molecule has 3 atom stereocenters. The molecule has 1 saturated carbocycles. The van der Waals surface area contributed by atoms with Crippen LogP contribution in [0.15, 0.2) is 11.6 Å². The van der Waals surface area contributed by atoms with Crippen molar-refractivity contribution in [2.24, 2.45) is 11.8 Å². The lowest BCUT2D eigenvalue weighted by molar-refractivity contribution is 0.316. The molecular formula is C16H30OSi. The molecule has 0 aromatic rings. The maximum atomic E-state index is 9.31. The zero-order chi connectivity index (χ0) is 13.6. The highest BCUT2D eigenvalue weighted by molar-refractivity contribution is 6.82. The van der Waals surface area contributed by atoms with Gasteiger partial charge in [0.1, 0.15) is 0 Å². The van der Waals surface area contributed by atoms with Crippen LogP contribution in [0, 0.1) is 11.8 Å². The highest BCUT2D eigenvalue weighted by atomic mass is 28.3. The maximum absolute atomic E-state index is 9.31. The number of allylic oxidation sites excluding steroid dienone is 1. The minimum absolute atomic E-state index is 0.286. The van der Waals surface area contributed by atoms with Gasteiger partial charge in [0, 0.05) is 0 Å². The van der Waals surface area contributed by atoms with Gasteiger partial charge in [-0.3, -0.25) is 0 Å². The average Bonchev–Trinajstić information content (AvgIpc) is 3.08. The number of hydrogen-bond donors (Lipinski definition) is 1. The molecule has 2 rings (SSSR count). The normalized spacial score (nSPS) is 33.2. The van der Waals surface area contributed by atoms with Gasteiger partial charge in [-0.1, -0.05) is 39.9 Å². The lowest BCUT2D eigenvalue weighted by Crippen LogP contribution is -2.38. The van der Waals surface area contributed by atoms with E-state index in [1.54, 1.807) is 0 Å². The zero-order valence-electron chi connectivity index (χ0n) is 12.8. The van der Waals surface area contributed by atoms with Crippen molar-refractivity contribution in [2.75, 3.05) is 6.61 Å². The van der Waals surface area contributed by atoms with Gasteiger partial charge < -0.3 is 5.11 Å². The van der Waals surface area contributed by atoms with E-state index in [0.29, 0.717) is 5.04 Å². The van der Waals surface area contributed by atoms with Crippen LogP contribution in [0.4, 0.5) is 0 Å². The third kappa shape index (κ3) is 2.60. The fourth-order valence-corrected chi connectivity index (χ4v) is 6.87. The average molecular weight is 267 g/mol. The van der Waals surface area contributed by atoms with Gasteiger partial charge in [-0.15, -0.1) is 0 Å². The second-order valence-corrected chi connectivity index (χ2v) is 13.7. The van der Waals surface area contributed by atoms with Crippen molar-refractivity contribution in [3.63, 3.8) is 0 Å². The van der Waals surface area contributed by atoms with E-state index in [9.17, 15) is 5.11 Å². The Bertz CT molecular complexity index is 337. The van der Waals surface area contributed by atoms with E-state index in [1.165, 1.54) is 24.8 Å². The molecular weight excluding hydrogens is 236 g/mol. The molecule has 1 fully saturated rings. The van der Waals surface area contributed by atoms with Gasteiger partial charge in [0.15, 0.2) is 0 Å². The van der Waals surface area contributed by atoms with E-state index in [0.717, 1.165) is 23.8 Å². The molecule has 0 aliphatic heterocycles. The van der Waals surface area contributed by atoms with Gasteiger partial charge >= 0.3 is 0 Å². The van der Waals surface area contributed by atoms with Crippen LogP contribution in [-0.2, 0) is 0 Å². The highest BCUT2D eigenvalue weighted by Crippen LogP contribution is 2.63. The van der Waals surface area contributed by atoms with Crippen LogP contribution in [-0.4, -0.2) is 19.8 Å². The maximum Gasteiger partial charge on any atom is 0.0641 e. The molecule has 0 aromatic heterocycles. The third-order valence-electron chi connectivity index (χ3n) is 5.94. The smallest absolute Gasteiger partial charge is 0.0641 e. The molecule has 104 valence electrons. The fraction of sp³-hybridized carbons (Fsp3) is 0.875. The van der Waals surface area contributed by atoms with Crippen molar-refractivity contribution in [2.45, 2.75) is 70.1 Å². The van der Waals surface area contributed by atoms with Crippen LogP contribution in [0.2, 0.25) is 23.7 Å². The molecule has 0 heterocycles. The summed E-state index contributed by atoms with van der Waals surface area (Å²) in [6.45, 7) is 12.8. The predicted octanol–water partition coefficient (Wildman–Crippen LogP) is 4.60. The number of hydrogen-bond acceptors (Lipinski definition) is 1. The Hall–Kier alpha value is -0.0831. The minimum atomic E-state index is -1.14. The molecule has 1 N–H and O–H groups in total. The van der Waals surface area contributed by atoms with Gasteiger partial charge in [-0.2, -0.15) is 0 Å². The van der Waals surface area contributed by atoms with Crippen LogP contribution in [0.25, 0.3) is 0 Å². The van der Waals surface area contributed by atoms with Crippen molar-refractivity contribution >= 4 is 8.07 Å². The Morgan fingerprint density at radius 3 is 2.56 bits per heavy atom. The monoisotopic (exact) mass is 266 g/mol. The molecule has 0 aromatic carbocycles. The molecule has 2 aliphatic carbocycles. The Labute approximate surface area is 114 Å². The topological polar surface area (TPSA) is 20.2 Å². The summed E-state index contributed by atoms with van der Waals surface area (Å²) in [6.07, 6.45) is 7.65. The number of aliphatic hydroxyl groups excluding tert-OH is 1. The SMILES string of the molecule is CC(C)(C)[Si](C)(C)[C@@H]1C[C@@H]1C1C=C(CO)CCC1. The van der Waals surface area contributed by atoms with Gasteiger partial charge in [0.25, 0.3) is 0 Å². The van der Waals surface area contributed by atoms with Crippen LogP contribution in [0.5, 0.6) is 0 Å². The van der Waals surface area contributed by atoms with E-state index in [-0.39, 0.29) is 6.61 Å². The minimum Gasteiger partial charge on any atom is -0.392 e. The van der Waals surface area contributed by atoms with E-state index < -0.39 is 8.07 Å². The third-order valence-corrected chi connectivity index (χ3v) is 12.3. The lowest BCUT2D eigenvalue weighted by atomic mass is 9.87. The molecule has 0 spiro atoms. The van der Waals surface area contributed by atoms with E-state index in [2.05, 4.69) is 39.9 Å². The summed E-state index contributed by atoms with van der Waals surface area (Å²) in [5.41, 5.74) is 2.31. The molecule has 0 radical (unpaired) electrons. The molecule has 1 nitrogen and oxygen atoms in total. The second-order valence-electron chi connectivity index (χ2n) is 8.02. The van der Waals surface area contributed by atoms with Gasteiger partial charge in [0.05, 0.1) is 14.7 Å². The second kappa shape index (κ2) is 4.79. The van der Waals surface area contributed by atoms with Crippen molar-refractivity contribution in [1.29, 1.82) is 0 Å². The Morgan fingerprint density at radius 1 is 1.33 bits per heavy atom. The Morgan fingerprint density at radius 2 is 2.00 bits per heavy atom. The largest absolute Gasteiger partial charge is 0.392 e. The Kier molecular flexibility index (Phi) is 3.81. The Balaban J connectivity index is 2.03. The summed E-state index contributed by atoms with van der Waals surface area (Å²) in [6, 6.07) is 0. The summed E-state index contributed by atoms with van der Waals surface area (Å²) >= 11 is 0. The van der Waals surface area contributed by atoms with Crippen molar-refractivity contribution in [1.82, 2.24) is 0 Å². The van der Waals surface area contributed by atoms with Crippen molar-refractivity contribution < 1.29 is 5.11 Å². The molecule has 18 heavy (non-hydrogen) atoms. The summed E-state index contributed by atoms with van der Waals surface area (Å²) in [7, 11) is -1.14. The summed E-state index contributed by atoms with van der Waals surface area (Å²) in [5.74, 6) is 1.72. The van der Waals surface area contributed by atoms with Crippen LogP contribution >= 0.6 is 0 Å². The molecule has 0 saturated heterocycles. The summed E-state index contributed by atoms with van der Waals surface area (Å²) in [4.78, 5) is 0. The zero-order valence-corrected chi connectivity index (χ0v) is 13.8. The quantitative estimate of drug-likeness (QED) is 0.584. The summed E-state index contributed by atoms with van der Waals surface area (Å²) in [5, 5.41) is 9.82. The fourth-order valence-electron chi connectivity index (χ4n) is 3.58. The van der Waals surface area contributed by atoms with Crippen molar-refractivity contribution in [3.05, 3.63) is 11.6 Å². The van der Waals surface area contributed by atoms with Gasteiger partial charge in [-0.05, 0) is 53.7 Å². The first-order valence-electron chi connectivity index (χ1n) is 7.58. The summed E-state index contributed by atoms with van der Waals surface area (Å²) < 4.78 is 0. The molecule has 0 amide bonds. The van der Waals surface area contributed by atoms with Gasteiger partial charge in [-0.25, -0.2) is 0 Å². The van der Waals surface area contributed by atoms with Gasteiger partial charge in [0.2, 0.25) is 0 Å². The predicted molar refractivity (Wildman–Crippen MR) is 81.6 cm³/mol. The van der Waals surface area contributed by atoms with E-state index >= 15 is 0 Å².